The molecule has 0 bridgehead atoms. The fourth-order valence-corrected chi connectivity index (χ4v) is 6.13. The topological polar surface area (TPSA) is 183 Å². The molecule has 0 spiro atoms. The number of aromatic nitrogens is 4. The number of rotatable bonds is 19. The largest absolute Gasteiger partial charge is 0.488 e. The second-order valence-corrected chi connectivity index (χ2v) is 13.0. The number of ether oxygens (including phenoxy) is 4. The fraction of sp³-hybridized carbons (Fsp3) is 0.308. The van der Waals surface area contributed by atoms with Crippen molar-refractivity contribution in [2.75, 3.05) is 38.3 Å². The number of nitrogens with zero attached hydrogens (tertiary/aromatic N) is 3. The van der Waals surface area contributed by atoms with Crippen LogP contribution in [-0.4, -0.2) is 82.1 Å². The molecule has 6 rings (SSSR count). The minimum atomic E-state index is -1.69. The summed E-state index contributed by atoms with van der Waals surface area (Å²) in [6, 6.07) is 16.5. The molecule has 56 heavy (non-hydrogen) atoms. The second-order valence-electron chi connectivity index (χ2n) is 12.6. The maximum Gasteiger partial charge on any atom is 0.346 e. The summed E-state index contributed by atoms with van der Waals surface area (Å²) in [4.78, 5) is 29.6. The lowest BCUT2D eigenvalue weighted by Crippen LogP contribution is -2.48. The first-order chi connectivity index (χ1) is 27.2. The minimum absolute atomic E-state index is 0.0185. The first-order valence-electron chi connectivity index (χ1n) is 17.7. The number of fused-ring (bicyclic) bond motifs is 1. The lowest BCUT2D eigenvalue weighted by molar-refractivity contribution is -0.146. The van der Waals surface area contributed by atoms with Gasteiger partial charge in [0.2, 0.25) is 0 Å². The van der Waals surface area contributed by atoms with Crippen LogP contribution in [0.15, 0.2) is 94.5 Å². The van der Waals surface area contributed by atoms with Crippen molar-refractivity contribution in [1.82, 2.24) is 25.6 Å². The molecule has 1 aliphatic carbocycles. The summed E-state index contributed by atoms with van der Waals surface area (Å²) in [6.45, 7) is 1.31. The molecule has 3 aromatic carbocycles. The second kappa shape index (κ2) is 18.8. The average molecular weight is 793 g/mol. The molecular weight excluding hydrogens is 754 g/mol. The van der Waals surface area contributed by atoms with E-state index in [1.54, 1.807) is 67.6 Å². The zero-order valence-corrected chi connectivity index (χ0v) is 30.9. The number of H-pyrrole nitrogens is 1. The standard InChI is InChI=1S/C39H39ClF2N6O8/c1-2-52-37(50)32(21-49)44-19-26-17-28(40)34(18-33(26)53-22-24-11-12-30-31(16-24)48-56-47-30)54-23-39(13-6-10-27(35(39)42)25-8-4-3-5-9-25)55-15-7-14-43-36-29(41)20-45-38(51)46-36/h3-6,8-13,16-18,20,32,35,44,49H,2,7,14-15,19,21-23H2,1H3,(H2,43,45,46,51). The Morgan fingerprint density at radius 3 is 2.73 bits per heavy atom. The number of aliphatic hydroxyl groups excluding tert-OH is 1. The van der Waals surface area contributed by atoms with Crippen LogP contribution in [0.25, 0.3) is 16.6 Å². The number of nitrogens with one attached hydrogen (secondary N) is 3. The summed E-state index contributed by atoms with van der Waals surface area (Å²) < 4.78 is 59.6. The van der Waals surface area contributed by atoms with Crippen LogP contribution in [0.1, 0.15) is 30.0 Å². The number of alkyl halides is 1. The van der Waals surface area contributed by atoms with Crippen LogP contribution in [0.3, 0.4) is 0 Å². The van der Waals surface area contributed by atoms with E-state index >= 15 is 4.39 Å². The van der Waals surface area contributed by atoms with Gasteiger partial charge in [0, 0.05) is 31.3 Å². The highest BCUT2D eigenvalue weighted by Crippen LogP contribution is 2.39. The summed E-state index contributed by atoms with van der Waals surface area (Å²) in [6.07, 6.45) is 4.39. The van der Waals surface area contributed by atoms with Crippen molar-refractivity contribution in [3.63, 3.8) is 0 Å². The van der Waals surface area contributed by atoms with Crippen LogP contribution in [-0.2, 0) is 27.4 Å². The molecule has 2 aromatic heterocycles. The molecule has 2 heterocycles. The molecule has 0 aliphatic heterocycles. The Morgan fingerprint density at radius 1 is 1.11 bits per heavy atom. The zero-order valence-electron chi connectivity index (χ0n) is 30.2. The molecule has 0 fully saturated rings. The number of carbonyl (C=O) groups excluding carboxylic acids is 1. The molecular formula is C39H39ClF2N6O8. The van der Waals surface area contributed by atoms with E-state index in [9.17, 15) is 19.1 Å². The van der Waals surface area contributed by atoms with E-state index in [1.165, 1.54) is 0 Å². The lowest BCUT2D eigenvalue weighted by atomic mass is 9.84. The van der Waals surface area contributed by atoms with E-state index in [4.69, 9.17) is 35.2 Å². The number of carbonyl (C=O) groups is 1. The van der Waals surface area contributed by atoms with E-state index in [-0.39, 0.29) is 56.1 Å². The number of hydrogen-bond donors (Lipinski definition) is 4. The minimum Gasteiger partial charge on any atom is -0.488 e. The normalized spacial score (nSPS) is 17.0. The Hall–Kier alpha value is -5.68. The summed E-state index contributed by atoms with van der Waals surface area (Å²) in [5, 5.41) is 23.5. The van der Waals surface area contributed by atoms with Crippen molar-refractivity contribution in [1.29, 1.82) is 0 Å². The van der Waals surface area contributed by atoms with Gasteiger partial charge in [-0.1, -0.05) is 60.2 Å². The van der Waals surface area contributed by atoms with E-state index in [0.29, 0.717) is 39.9 Å². The van der Waals surface area contributed by atoms with E-state index in [0.717, 1.165) is 11.8 Å². The molecule has 4 N–H and O–H groups in total. The van der Waals surface area contributed by atoms with Gasteiger partial charge in [0.1, 0.15) is 47.6 Å². The van der Waals surface area contributed by atoms with Gasteiger partial charge < -0.3 is 29.4 Å². The number of esters is 1. The predicted molar refractivity (Wildman–Crippen MR) is 202 cm³/mol. The van der Waals surface area contributed by atoms with Crippen molar-refractivity contribution in [2.24, 2.45) is 0 Å². The number of benzene rings is 3. The number of halogens is 3. The smallest absolute Gasteiger partial charge is 0.346 e. The highest BCUT2D eigenvalue weighted by Gasteiger charge is 2.43. The van der Waals surface area contributed by atoms with Gasteiger partial charge in [-0.2, -0.15) is 4.98 Å². The summed E-state index contributed by atoms with van der Waals surface area (Å²) in [5.41, 5.74) is 1.09. The lowest BCUT2D eigenvalue weighted by Gasteiger charge is -2.37. The molecule has 3 atom stereocenters. The average Bonchev–Trinajstić information content (AvgIpc) is 3.68. The van der Waals surface area contributed by atoms with Crippen LogP contribution < -0.4 is 25.8 Å². The van der Waals surface area contributed by atoms with Crippen molar-refractivity contribution in [2.45, 2.75) is 44.3 Å². The first-order valence-corrected chi connectivity index (χ1v) is 18.1. The van der Waals surface area contributed by atoms with Crippen molar-refractivity contribution >= 4 is 40.0 Å². The number of aromatic amines is 1. The molecule has 0 amide bonds. The van der Waals surface area contributed by atoms with E-state index in [2.05, 4.69) is 30.9 Å². The Labute approximate surface area is 324 Å². The van der Waals surface area contributed by atoms with Crippen LogP contribution in [0.4, 0.5) is 14.6 Å². The zero-order chi connectivity index (χ0) is 39.5. The Balaban J connectivity index is 1.23. The maximum absolute atomic E-state index is 16.8. The summed E-state index contributed by atoms with van der Waals surface area (Å²) in [5.74, 6) is -0.991. The number of allylic oxidation sites excluding steroid dienone is 2. The van der Waals surface area contributed by atoms with E-state index < -0.39 is 41.9 Å². The molecule has 3 unspecified atom stereocenters. The van der Waals surface area contributed by atoms with Crippen molar-refractivity contribution in [3.8, 4) is 11.5 Å². The third-order valence-electron chi connectivity index (χ3n) is 8.80. The molecule has 1 aliphatic rings. The SMILES string of the molecule is CCOC(=O)C(CO)NCc1cc(Cl)c(OCC2(OCCCNc3[nH]c(=O)ncc3F)C=CC=C(c3ccccc3)C2F)cc1OCc1ccc2nonc2c1. The highest BCUT2D eigenvalue weighted by molar-refractivity contribution is 6.32. The third kappa shape index (κ3) is 9.75. The Kier molecular flexibility index (Phi) is 13.4. The highest BCUT2D eigenvalue weighted by atomic mass is 35.5. The van der Waals surface area contributed by atoms with Gasteiger partial charge in [0.15, 0.2) is 17.6 Å². The summed E-state index contributed by atoms with van der Waals surface area (Å²) >= 11 is 6.78. The quantitative estimate of drug-likeness (QED) is 0.0624. The predicted octanol–water partition coefficient (Wildman–Crippen LogP) is 5.32. The van der Waals surface area contributed by atoms with Gasteiger partial charge in [-0.15, -0.1) is 0 Å². The molecule has 17 heteroatoms. The maximum atomic E-state index is 16.8. The molecule has 294 valence electrons. The van der Waals surface area contributed by atoms with Crippen LogP contribution in [0.5, 0.6) is 11.5 Å². The van der Waals surface area contributed by atoms with Gasteiger partial charge in [0.25, 0.3) is 0 Å². The van der Waals surface area contributed by atoms with Crippen LogP contribution >= 0.6 is 11.6 Å². The number of aliphatic hydroxyl groups is 1. The van der Waals surface area contributed by atoms with Crippen molar-refractivity contribution < 1.29 is 42.3 Å². The van der Waals surface area contributed by atoms with Crippen LogP contribution in [0, 0.1) is 5.82 Å². The van der Waals surface area contributed by atoms with Gasteiger partial charge in [0.05, 0.1) is 24.4 Å². The van der Waals surface area contributed by atoms with Gasteiger partial charge in [-0.3, -0.25) is 15.1 Å². The fourth-order valence-electron chi connectivity index (χ4n) is 5.89. The third-order valence-corrected chi connectivity index (χ3v) is 9.09. The monoisotopic (exact) mass is 792 g/mol. The first kappa shape index (κ1) is 40.0. The number of anilines is 1. The molecule has 0 saturated heterocycles. The number of hydrogen-bond acceptors (Lipinski definition) is 13. The summed E-state index contributed by atoms with van der Waals surface area (Å²) in [7, 11) is 0. The Morgan fingerprint density at radius 2 is 1.93 bits per heavy atom. The van der Waals surface area contributed by atoms with Crippen molar-refractivity contribution in [3.05, 3.63) is 123 Å². The van der Waals surface area contributed by atoms with Gasteiger partial charge in [-0.05, 0) is 64.6 Å². The van der Waals surface area contributed by atoms with Gasteiger partial charge in [-0.25, -0.2) is 18.2 Å². The van der Waals surface area contributed by atoms with E-state index in [1.807, 2.05) is 18.2 Å². The molecule has 5 aromatic rings. The Bertz CT molecular complexity index is 2240. The molecule has 0 saturated carbocycles. The molecule has 14 nitrogen and oxygen atoms in total. The van der Waals surface area contributed by atoms with Gasteiger partial charge >= 0.3 is 11.7 Å². The molecule has 0 radical (unpaired) electrons. The van der Waals surface area contributed by atoms with Crippen LogP contribution in [0.2, 0.25) is 5.02 Å².